The molecule has 0 heterocycles. The van der Waals surface area contributed by atoms with E-state index in [2.05, 4.69) is 27.7 Å². The molecule has 0 rings (SSSR count). The van der Waals surface area contributed by atoms with Crippen molar-refractivity contribution in [2.75, 3.05) is 0 Å². The highest BCUT2D eigenvalue weighted by molar-refractivity contribution is 5.52. The molecule has 0 fully saturated rings. The first kappa shape index (κ1) is 11.7. The summed E-state index contributed by atoms with van der Waals surface area (Å²) in [6, 6.07) is 0. The molecule has 1 nitrogen and oxygen atoms in total. The topological polar surface area (TPSA) is 23.9 Å². The van der Waals surface area contributed by atoms with E-state index in [1.54, 1.807) is 0 Å². The Morgan fingerprint density at radius 2 is 1.83 bits per heavy atom. The van der Waals surface area contributed by atoms with Gasteiger partial charge in [-0.3, -0.25) is 0 Å². The van der Waals surface area contributed by atoms with Gasteiger partial charge < -0.3 is 5.41 Å². The van der Waals surface area contributed by atoms with E-state index in [0.717, 1.165) is 12.3 Å². The van der Waals surface area contributed by atoms with E-state index >= 15 is 0 Å². The quantitative estimate of drug-likeness (QED) is 0.604. The van der Waals surface area contributed by atoms with Crippen LogP contribution >= 0.6 is 0 Å². The Morgan fingerprint density at radius 1 is 1.25 bits per heavy atom. The van der Waals surface area contributed by atoms with Crippen LogP contribution in [0.4, 0.5) is 0 Å². The van der Waals surface area contributed by atoms with Crippen LogP contribution in [-0.4, -0.2) is 6.21 Å². The van der Waals surface area contributed by atoms with Crippen LogP contribution in [0.1, 0.15) is 53.4 Å². The van der Waals surface area contributed by atoms with E-state index in [1.165, 1.54) is 25.5 Å². The monoisotopic (exact) mass is 169 g/mol. The van der Waals surface area contributed by atoms with E-state index in [0.29, 0.717) is 5.41 Å². The predicted molar refractivity (Wildman–Crippen MR) is 55.9 cm³/mol. The van der Waals surface area contributed by atoms with Crippen LogP contribution in [0.5, 0.6) is 0 Å². The molecule has 0 saturated carbocycles. The molecule has 1 unspecified atom stereocenters. The van der Waals surface area contributed by atoms with Crippen LogP contribution in [-0.2, 0) is 0 Å². The van der Waals surface area contributed by atoms with Gasteiger partial charge in [-0.25, -0.2) is 0 Å². The summed E-state index contributed by atoms with van der Waals surface area (Å²) in [5.41, 5.74) is 0.416. The molecule has 0 saturated heterocycles. The third-order valence-electron chi connectivity index (χ3n) is 2.52. The average molecular weight is 169 g/mol. The van der Waals surface area contributed by atoms with Gasteiger partial charge in [0, 0.05) is 0 Å². The molecule has 1 heteroatoms. The third-order valence-corrected chi connectivity index (χ3v) is 2.52. The van der Waals surface area contributed by atoms with Gasteiger partial charge in [0.25, 0.3) is 0 Å². The molecule has 72 valence electrons. The van der Waals surface area contributed by atoms with Crippen LogP contribution in [0.25, 0.3) is 0 Å². The maximum absolute atomic E-state index is 7.01. The smallest absolute Gasteiger partial charge is 0.00476 e. The fraction of sp³-hybridized carbons (Fsp3) is 0.909. The van der Waals surface area contributed by atoms with Gasteiger partial charge in [-0.15, -0.1) is 0 Å². The summed E-state index contributed by atoms with van der Waals surface area (Å²) in [7, 11) is 0. The van der Waals surface area contributed by atoms with Crippen molar-refractivity contribution in [3.05, 3.63) is 0 Å². The molecule has 0 amide bonds. The van der Waals surface area contributed by atoms with Crippen molar-refractivity contribution in [3.8, 4) is 0 Å². The van der Waals surface area contributed by atoms with Gasteiger partial charge in [-0.2, -0.15) is 0 Å². The lowest BCUT2D eigenvalue weighted by Crippen LogP contribution is -2.20. The molecule has 0 aliphatic heterocycles. The van der Waals surface area contributed by atoms with Crippen molar-refractivity contribution >= 4 is 6.21 Å². The highest BCUT2D eigenvalue weighted by Crippen LogP contribution is 2.32. The van der Waals surface area contributed by atoms with Crippen molar-refractivity contribution in [1.29, 1.82) is 5.41 Å². The summed E-state index contributed by atoms with van der Waals surface area (Å²) < 4.78 is 0. The summed E-state index contributed by atoms with van der Waals surface area (Å²) in [6.45, 7) is 9.15. The molecule has 1 N–H and O–H groups in total. The first-order chi connectivity index (χ1) is 5.52. The first-order valence-electron chi connectivity index (χ1n) is 5.01. The molecule has 0 aliphatic carbocycles. The fourth-order valence-corrected chi connectivity index (χ4v) is 1.64. The van der Waals surface area contributed by atoms with E-state index in [1.807, 2.05) is 0 Å². The summed E-state index contributed by atoms with van der Waals surface area (Å²) in [4.78, 5) is 0. The summed E-state index contributed by atoms with van der Waals surface area (Å²) in [5, 5.41) is 7.01. The molecule has 0 radical (unpaired) electrons. The van der Waals surface area contributed by atoms with Gasteiger partial charge >= 0.3 is 0 Å². The second kappa shape index (κ2) is 5.34. The maximum atomic E-state index is 7.01. The Balaban J connectivity index is 3.94. The molecule has 0 aliphatic rings. The van der Waals surface area contributed by atoms with Crippen LogP contribution < -0.4 is 0 Å². The highest BCUT2D eigenvalue weighted by atomic mass is 14.3. The Hall–Kier alpha value is -0.330. The van der Waals surface area contributed by atoms with Crippen LogP contribution in [0.3, 0.4) is 0 Å². The minimum Gasteiger partial charge on any atom is -0.313 e. The molecule has 0 aromatic heterocycles. The number of hydrogen-bond donors (Lipinski definition) is 1. The minimum atomic E-state index is 0.416. The van der Waals surface area contributed by atoms with Gasteiger partial charge in [0.1, 0.15) is 0 Å². The second-order valence-corrected chi connectivity index (χ2v) is 4.63. The number of hydrogen-bond acceptors (Lipinski definition) is 1. The van der Waals surface area contributed by atoms with E-state index in [-0.39, 0.29) is 0 Å². The Bertz CT molecular complexity index is 121. The van der Waals surface area contributed by atoms with Crippen molar-refractivity contribution in [2.45, 2.75) is 53.4 Å². The molecule has 0 spiro atoms. The van der Waals surface area contributed by atoms with Gasteiger partial charge in [-0.1, -0.05) is 40.5 Å². The van der Waals surface area contributed by atoms with E-state index in [9.17, 15) is 0 Å². The van der Waals surface area contributed by atoms with Crippen LogP contribution in [0.15, 0.2) is 0 Å². The van der Waals surface area contributed by atoms with Crippen LogP contribution in [0.2, 0.25) is 0 Å². The van der Waals surface area contributed by atoms with Gasteiger partial charge in [0.2, 0.25) is 0 Å². The average Bonchev–Trinajstić information content (AvgIpc) is 1.95. The van der Waals surface area contributed by atoms with E-state index in [4.69, 9.17) is 5.41 Å². The molecule has 0 aromatic carbocycles. The van der Waals surface area contributed by atoms with Crippen LogP contribution in [0, 0.1) is 16.7 Å². The third kappa shape index (κ3) is 4.53. The molecular formula is C11H23N. The Morgan fingerprint density at radius 3 is 2.17 bits per heavy atom. The normalized spacial score (nSPS) is 14.3. The van der Waals surface area contributed by atoms with Gasteiger partial charge in [0.15, 0.2) is 0 Å². The highest BCUT2D eigenvalue weighted by Gasteiger charge is 2.22. The SMILES string of the molecule is CCCC(CCC=N)C(C)(C)C. The second-order valence-electron chi connectivity index (χ2n) is 4.63. The summed E-state index contributed by atoms with van der Waals surface area (Å²) in [5.74, 6) is 0.782. The minimum absolute atomic E-state index is 0.416. The summed E-state index contributed by atoms with van der Waals surface area (Å²) in [6.07, 6.45) is 6.23. The lowest BCUT2D eigenvalue weighted by Gasteiger charge is -2.30. The predicted octanol–water partition coefficient (Wildman–Crippen LogP) is 3.88. The first-order valence-corrected chi connectivity index (χ1v) is 5.01. The molecule has 12 heavy (non-hydrogen) atoms. The lowest BCUT2D eigenvalue weighted by atomic mass is 9.76. The largest absolute Gasteiger partial charge is 0.313 e. The van der Waals surface area contributed by atoms with Gasteiger partial charge in [0.05, 0.1) is 0 Å². The summed E-state index contributed by atoms with van der Waals surface area (Å²) >= 11 is 0. The zero-order valence-corrected chi connectivity index (χ0v) is 8.98. The van der Waals surface area contributed by atoms with Crippen molar-refractivity contribution in [1.82, 2.24) is 0 Å². The molecule has 0 bridgehead atoms. The zero-order valence-electron chi connectivity index (χ0n) is 8.98. The number of rotatable bonds is 5. The molecule has 1 atom stereocenters. The van der Waals surface area contributed by atoms with Crippen molar-refractivity contribution < 1.29 is 0 Å². The lowest BCUT2D eigenvalue weighted by molar-refractivity contribution is 0.213. The van der Waals surface area contributed by atoms with Crippen molar-refractivity contribution in [2.24, 2.45) is 11.3 Å². The zero-order chi connectivity index (χ0) is 9.61. The Kier molecular flexibility index (Phi) is 5.19. The van der Waals surface area contributed by atoms with Crippen molar-refractivity contribution in [3.63, 3.8) is 0 Å². The molecule has 0 aromatic rings. The Labute approximate surface area is 77.1 Å². The van der Waals surface area contributed by atoms with E-state index < -0.39 is 0 Å². The maximum Gasteiger partial charge on any atom is -0.00476 e. The molecular weight excluding hydrogens is 146 g/mol. The van der Waals surface area contributed by atoms with Gasteiger partial charge in [-0.05, 0) is 30.4 Å². The standard InChI is InChI=1S/C11H23N/c1-5-7-10(8-6-9-12)11(2,3)4/h9-10,12H,5-8H2,1-4H3. The fourth-order valence-electron chi connectivity index (χ4n) is 1.64. The number of nitrogens with one attached hydrogen (secondary N) is 1.